The van der Waals surface area contributed by atoms with Crippen LogP contribution in [0.2, 0.25) is 0 Å². The van der Waals surface area contributed by atoms with Crippen LogP contribution in [-0.4, -0.2) is 94.4 Å². The Hall–Kier alpha value is -3.01. The standard InChI is InChI=1S/C23H32N2O8/c1-7-33-22(28)17-19(32-6)21(27)24(2)23(17)8-10-25(11-9-23)20(26)14-12-15(29-3)18(31-5)16(13-14)30-4/h12-13,17,19H,7-11H2,1-6H3/t17-,19+/m0/s1. The molecule has 182 valence electrons. The summed E-state index contributed by atoms with van der Waals surface area (Å²) in [6.45, 7) is 2.66. The molecule has 33 heavy (non-hydrogen) atoms. The molecular weight excluding hydrogens is 432 g/mol. The minimum atomic E-state index is -0.897. The maximum absolute atomic E-state index is 13.3. The predicted octanol–water partition coefficient (Wildman–Crippen LogP) is 1.35. The number of nitrogens with zero attached hydrogens (tertiary/aromatic N) is 2. The Bertz CT molecular complexity index is 885. The van der Waals surface area contributed by atoms with Gasteiger partial charge in [-0.25, -0.2) is 0 Å². The second-order valence-electron chi connectivity index (χ2n) is 8.09. The number of carbonyl (C=O) groups excluding carboxylic acids is 3. The Balaban J connectivity index is 1.85. The molecular formula is C23H32N2O8. The molecule has 0 radical (unpaired) electrons. The SMILES string of the molecule is CCOC(=O)[C@@H]1[C@@H](OC)C(=O)N(C)C12CCN(C(=O)c1cc(OC)c(OC)c(OC)c1)CC2. The number of hydrogen-bond acceptors (Lipinski definition) is 8. The molecule has 10 nitrogen and oxygen atoms in total. The van der Waals surface area contributed by atoms with Crippen LogP contribution in [0.5, 0.6) is 17.2 Å². The van der Waals surface area contributed by atoms with Gasteiger partial charge in [0, 0.05) is 32.8 Å². The number of amides is 2. The van der Waals surface area contributed by atoms with Crippen LogP contribution in [0, 0.1) is 5.92 Å². The normalized spacial score (nSPS) is 21.8. The van der Waals surface area contributed by atoms with Crippen molar-refractivity contribution >= 4 is 17.8 Å². The van der Waals surface area contributed by atoms with E-state index in [1.165, 1.54) is 28.4 Å². The molecule has 1 spiro atoms. The van der Waals surface area contributed by atoms with Crippen molar-refractivity contribution in [3.05, 3.63) is 17.7 Å². The third kappa shape index (κ3) is 4.07. The van der Waals surface area contributed by atoms with Gasteiger partial charge < -0.3 is 33.5 Å². The van der Waals surface area contributed by atoms with Gasteiger partial charge in [0.05, 0.1) is 33.5 Å². The summed E-state index contributed by atoms with van der Waals surface area (Å²) in [7, 11) is 7.59. The molecule has 2 aliphatic heterocycles. The van der Waals surface area contributed by atoms with E-state index >= 15 is 0 Å². The number of hydrogen-bond donors (Lipinski definition) is 0. The lowest BCUT2D eigenvalue weighted by Crippen LogP contribution is -2.57. The van der Waals surface area contributed by atoms with Crippen LogP contribution in [0.15, 0.2) is 12.1 Å². The summed E-state index contributed by atoms with van der Waals surface area (Å²) in [5, 5.41) is 0. The van der Waals surface area contributed by atoms with Crippen molar-refractivity contribution in [2.75, 3.05) is 55.2 Å². The average Bonchev–Trinajstić information content (AvgIpc) is 3.04. The van der Waals surface area contributed by atoms with Crippen molar-refractivity contribution in [2.45, 2.75) is 31.4 Å². The minimum absolute atomic E-state index is 0.202. The van der Waals surface area contributed by atoms with E-state index < -0.39 is 23.5 Å². The first-order chi connectivity index (χ1) is 15.8. The Morgan fingerprint density at radius 2 is 1.61 bits per heavy atom. The van der Waals surface area contributed by atoms with Gasteiger partial charge >= 0.3 is 5.97 Å². The molecule has 2 aliphatic rings. The molecule has 0 N–H and O–H groups in total. The van der Waals surface area contributed by atoms with Gasteiger partial charge in [-0.2, -0.15) is 0 Å². The van der Waals surface area contributed by atoms with E-state index in [2.05, 4.69) is 0 Å². The van der Waals surface area contributed by atoms with E-state index in [0.717, 1.165) is 0 Å². The Morgan fingerprint density at radius 1 is 1.03 bits per heavy atom. The summed E-state index contributed by atoms with van der Waals surface area (Å²) in [5.41, 5.74) is -0.371. The van der Waals surface area contributed by atoms with Gasteiger partial charge in [-0.15, -0.1) is 0 Å². The number of ether oxygens (including phenoxy) is 5. The fourth-order valence-corrected chi connectivity index (χ4v) is 4.99. The van der Waals surface area contributed by atoms with Gasteiger partial charge in [0.2, 0.25) is 5.75 Å². The lowest BCUT2D eigenvalue weighted by Gasteiger charge is -2.45. The lowest BCUT2D eigenvalue weighted by atomic mass is 9.76. The van der Waals surface area contributed by atoms with E-state index in [1.807, 2.05) is 0 Å². The largest absolute Gasteiger partial charge is 0.493 e. The summed E-state index contributed by atoms with van der Waals surface area (Å²) in [4.78, 5) is 42.3. The maximum atomic E-state index is 13.3. The number of benzene rings is 1. The first kappa shape index (κ1) is 24.6. The Kier molecular flexibility index (Phi) is 7.36. The zero-order chi connectivity index (χ0) is 24.3. The highest BCUT2D eigenvalue weighted by Gasteiger charge is 2.62. The number of likely N-dealkylation sites (N-methyl/N-ethyl adjacent to an activating group) is 1. The number of carbonyl (C=O) groups is 3. The quantitative estimate of drug-likeness (QED) is 0.557. The van der Waals surface area contributed by atoms with E-state index in [-0.39, 0.29) is 18.4 Å². The number of methoxy groups -OCH3 is 4. The summed E-state index contributed by atoms with van der Waals surface area (Å²) >= 11 is 0. The average molecular weight is 465 g/mol. The van der Waals surface area contributed by atoms with Crippen molar-refractivity contribution in [2.24, 2.45) is 5.92 Å². The molecule has 10 heteroatoms. The monoisotopic (exact) mass is 464 g/mol. The number of rotatable bonds is 7. The fourth-order valence-electron chi connectivity index (χ4n) is 4.99. The Morgan fingerprint density at radius 3 is 2.06 bits per heavy atom. The molecule has 2 amide bonds. The third-order valence-electron chi connectivity index (χ3n) is 6.75. The van der Waals surface area contributed by atoms with Crippen LogP contribution < -0.4 is 14.2 Å². The lowest BCUT2D eigenvalue weighted by molar-refractivity contribution is -0.157. The number of likely N-dealkylation sites (tertiary alicyclic amines) is 2. The van der Waals surface area contributed by atoms with Crippen LogP contribution in [0.25, 0.3) is 0 Å². The van der Waals surface area contributed by atoms with Crippen molar-refractivity contribution in [1.82, 2.24) is 9.80 Å². The highest BCUT2D eigenvalue weighted by atomic mass is 16.5. The first-order valence-corrected chi connectivity index (χ1v) is 10.9. The van der Waals surface area contributed by atoms with Gasteiger partial charge in [-0.05, 0) is 31.9 Å². The minimum Gasteiger partial charge on any atom is -0.493 e. The topological polar surface area (TPSA) is 104 Å². The highest BCUT2D eigenvalue weighted by molar-refractivity contribution is 5.96. The van der Waals surface area contributed by atoms with E-state index in [0.29, 0.717) is 48.7 Å². The molecule has 1 aromatic carbocycles. The second-order valence-corrected chi connectivity index (χ2v) is 8.09. The second kappa shape index (κ2) is 9.86. The Labute approximate surface area is 193 Å². The summed E-state index contributed by atoms with van der Waals surface area (Å²) in [6.07, 6.45) is -0.0462. The van der Waals surface area contributed by atoms with E-state index in [9.17, 15) is 14.4 Å². The van der Waals surface area contributed by atoms with Crippen LogP contribution in [0.4, 0.5) is 0 Å². The van der Waals surface area contributed by atoms with Crippen molar-refractivity contribution in [3.8, 4) is 17.2 Å². The van der Waals surface area contributed by atoms with E-state index in [1.54, 1.807) is 35.9 Å². The first-order valence-electron chi connectivity index (χ1n) is 10.9. The zero-order valence-electron chi connectivity index (χ0n) is 20.0. The number of esters is 1. The van der Waals surface area contributed by atoms with Crippen LogP contribution in [0.3, 0.4) is 0 Å². The zero-order valence-corrected chi connectivity index (χ0v) is 20.0. The van der Waals surface area contributed by atoms with Crippen LogP contribution in [0.1, 0.15) is 30.1 Å². The molecule has 0 unspecified atom stereocenters. The molecule has 3 rings (SSSR count). The van der Waals surface area contributed by atoms with Gasteiger partial charge in [0.25, 0.3) is 11.8 Å². The molecule has 2 fully saturated rings. The van der Waals surface area contributed by atoms with Crippen LogP contribution in [-0.2, 0) is 19.1 Å². The number of piperidine rings is 1. The predicted molar refractivity (Wildman–Crippen MR) is 118 cm³/mol. The van der Waals surface area contributed by atoms with Gasteiger partial charge in [0.1, 0.15) is 5.92 Å². The molecule has 0 saturated carbocycles. The molecule has 2 heterocycles. The maximum Gasteiger partial charge on any atom is 0.314 e. The molecule has 1 aromatic rings. The third-order valence-corrected chi connectivity index (χ3v) is 6.75. The van der Waals surface area contributed by atoms with E-state index in [4.69, 9.17) is 23.7 Å². The summed E-state index contributed by atoms with van der Waals surface area (Å²) in [6, 6.07) is 3.23. The van der Waals surface area contributed by atoms with Gasteiger partial charge in [-0.3, -0.25) is 14.4 Å². The fraction of sp³-hybridized carbons (Fsp3) is 0.609. The molecule has 2 atom stereocenters. The van der Waals surface area contributed by atoms with Crippen molar-refractivity contribution in [3.63, 3.8) is 0 Å². The van der Waals surface area contributed by atoms with Gasteiger partial charge in [-0.1, -0.05) is 0 Å². The van der Waals surface area contributed by atoms with Crippen LogP contribution >= 0.6 is 0 Å². The molecule has 0 aliphatic carbocycles. The summed E-state index contributed by atoms with van der Waals surface area (Å²) in [5.74, 6) is -0.472. The van der Waals surface area contributed by atoms with Gasteiger partial charge in [0.15, 0.2) is 17.6 Å². The van der Waals surface area contributed by atoms with Crippen molar-refractivity contribution in [1.29, 1.82) is 0 Å². The molecule has 2 saturated heterocycles. The molecule has 0 bridgehead atoms. The smallest absolute Gasteiger partial charge is 0.314 e. The molecule has 0 aromatic heterocycles. The highest BCUT2D eigenvalue weighted by Crippen LogP contribution is 2.45. The van der Waals surface area contributed by atoms with Crippen molar-refractivity contribution < 1.29 is 38.1 Å². The summed E-state index contributed by atoms with van der Waals surface area (Å²) < 4.78 is 26.7.